The Morgan fingerprint density at radius 3 is 2.47 bits per heavy atom. The third kappa shape index (κ3) is 4.41. The normalized spacial score (nSPS) is 14.3. The van der Waals surface area contributed by atoms with Crippen LogP contribution in [-0.4, -0.2) is 63.1 Å². The summed E-state index contributed by atoms with van der Waals surface area (Å²) < 4.78 is 4.29. The van der Waals surface area contributed by atoms with Gasteiger partial charge in [0, 0.05) is 43.6 Å². The number of benzene rings is 3. The molecule has 0 aliphatic carbocycles. The van der Waals surface area contributed by atoms with E-state index in [0.717, 1.165) is 65.2 Å². The third-order valence-corrected chi connectivity index (χ3v) is 7.71. The Morgan fingerprint density at radius 2 is 1.66 bits per heavy atom. The quantitative estimate of drug-likeness (QED) is 0.316. The minimum absolute atomic E-state index is 0.0991. The summed E-state index contributed by atoms with van der Waals surface area (Å²) in [6, 6.07) is 23.3. The Bertz CT molecular complexity index is 1610. The third-order valence-electron chi connectivity index (χ3n) is 7.71. The topological polar surface area (TPSA) is 46.3 Å². The first-order valence-corrected chi connectivity index (χ1v) is 13.2. The standard InChI is InChI=1S/C32H33N5O/c1-23-8-6-9-25(18-23)20-36-22-33-19-30(36)37-21-29(28-13-7-11-26-10-4-5-12-27(26)28)31(24(37)2)32(38)35-16-14-34(3)15-17-35/h4-13,18-19,21-22H,14-17,20H2,1-3H3. The largest absolute Gasteiger partial charge is 0.336 e. The summed E-state index contributed by atoms with van der Waals surface area (Å²) in [6.07, 6.45) is 5.89. The lowest BCUT2D eigenvalue weighted by atomic mass is 9.96. The molecule has 0 spiro atoms. The molecule has 0 saturated carbocycles. The van der Waals surface area contributed by atoms with Crippen LogP contribution in [-0.2, 0) is 6.54 Å². The van der Waals surface area contributed by atoms with Crippen LogP contribution in [0, 0.1) is 13.8 Å². The summed E-state index contributed by atoms with van der Waals surface area (Å²) in [7, 11) is 2.11. The van der Waals surface area contributed by atoms with Gasteiger partial charge in [0.15, 0.2) is 0 Å². The highest BCUT2D eigenvalue weighted by atomic mass is 16.2. The fraction of sp³-hybridized carbons (Fsp3) is 0.250. The van der Waals surface area contributed by atoms with Crippen LogP contribution in [0.25, 0.3) is 27.7 Å². The predicted molar refractivity (Wildman–Crippen MR) is 153 cm³/mol. The zero-order valence-electron chi connectivity index (χ0n) is 22.3. The molecule has 6 rings (SSSR count). The molecule has 2 aromatic heterocycles. The maximum absolute atomic E-state index is 14.1. The first kappa shape index (κ1) is 24.2. The van der Waals surface area contributed by atoms with Gasteiger partial charge in [-0.05, 0) is 42.8 Å². The van der Waals surface area contributed by atoms with E-state index in [0.29, 0.717) is 6.54 Å². The molecule has 3 heterocycles. The average Bonchev–Trinajstić information content (AvgIpc) is 3.52. The van der Waals surface area contributed by atoms with Crippen molar-refractivity contribution in [3.05, 3.63) is 108 Å². The van der Waals surface area contributed by atoms with Gasteiger partial charge in [0.2, 0.25) is 0 Å². The molecule has 0 unspecified atom stereocenters. The lowest BCUT2D eigenvalue weighted by molar-refractivity contribution is 0.0664. The first-order valence-electron chi connectivity index (χ1n) is 13.2. The van der Waals surface area contributed by atoms with E-state index in [1.165, 1.54) is 11.1 Å². The molecule has 1 fully saturated rings. The van der Waals surface area contributed by atoms with Gasteiger partial charge >= 0.3 is 0 Å². The van der Waals surface area contributed by atoms with Gasteiger partial charge in [-0.15, -0.1) is 0 Å². The number of rotatable bonds is 5. The summed E-state index contributed by atoms with van der Waals surface area (Å²) in [4.78, 5) is 22.9. The Hall–Kier alpha value is -4.16. The van der Waals surface area contributed by atoms with Crippen molar-refractivity contribution in [2.75, 3.05) is 33.2 Å². The van der Waals surface area contributed by atoms with Gasteiger partial charge in [0.1, 0.15) is 5.82 Å². The Kier molecular flexibility index (Phi) is 6.34. The smallest absolute Gasteiger partial charge is 0.256 e. The number of carbonyl (C=O) groups excluding carboxylic acids is 1. The van der Waals surface area contributed by atoms with E-state index in [-0.39, 0.29) is 5.91 Å². The average molecular weight is 504 g/mol. The predicted octanol–water partition coefficient (Wildman–Crippen LogP) is 5.55. The van der Waals surface area contributed by atoms with Crippen molar-refractivity contribution in [2.24, 2.45) is 0 Å². The number of fused-ring (bicyclic) bond motifs is 1. The van der Waals surface area contributed by atoms with Gasteiger partial charge in [-0.1, -0.05) is 72.3 Å². The second-order valence-corrected chi connectivity index (χ2v) is 10.4. The molecule has 38 heavy (non-hydrogen) atoms. The number of hydrogen-bond donors (Lipinski definition) is 0. The molecule has 6 nitrogen and oxygen atoms in total. The van der Waals surface area contributed by atoms with Gasteiger partial charge in [-0.25, -0.2) is 4.98 Å². The molecule has 0 N–H and O–H groups in total. The number of amides is 1. The van der Waals surface area contributed by atoms with Crippen molar-refractivity contribution < 1.29 is 4.79 Å². The first-order chi connectivity index (χ1) is 18.5. The van der Waals surface area contributed by atoms with Gasteiger partial charge in [0.25, 0.3) is 5.91 Å². The molecule has 1 aliphatic rings. The molecular weight excluding hydrogens is 470 g/mol. The maximum atomic E-state index is 14.1. The summed E-state index contributed by atoms with van der Waals surface area (Å²) in [5.41, 5.74) is 6.20. The monoisotopic (exact) mass is 503 g/mol. The van der Waals surface area contributed by atoms with Crippen molar-refractivity contribution in [3.8, 4) is 16.9 Å². The maximum Gasteiger partial charge on any atom is 0.256 e. The van der Waals surface area contributed by atoms with Crippen LogP contribution in [0.5, 0.6) is 0 Å². The molecule has 6 heteroatoms. The molecular formula is C32H33N5O. The summed E-state index contributed by atoms with van der Waals surface area (Å²) in [6.45, 7) is 8.13. The van der Waals surface area contributed by atoms with Crippen molar-refractivity contribution in [1.29, 1.82) is 0 Å². The van der Waals surface area contributed by atoms with Crippen molar-refractivity contribution in [3.63, 3.8) is 0 Å². The van der Waals surface area contributed by atoms with Gasteiger partial charge < -0.3 is 18.9 Å². The van der Waals surface area contributed by atoms with Gasteiger partial charge in [0.05, 0.1) is 24.6 Å². The summed E-state index contributed by atoms with van der Waals surface area (Å²) >= 11 is 0. The van der Waals surface area contributed by atoms with Gasteiger partial charge in [-0.2, -0.15) is 0 Å². The SMILES string of the molecule is Cc1cccc(Cn2cncc2-n2cc(-c3cccc4ccccc34)c(C(=O)N3CCN(C)CC3)c2C)c1. The number of aromatic nitrogens is 3. The van der Waals surface area contributed by atoms with Crippen LogP contribution in [0.1, 0.15) is 27.2 Å². The highest BCUT2D eigenvalue weighted by Gasteiger charge is 2.28. The van der Waals surface area contributed by atoms with E-state index < -0.39 is 0 Å². The highest BCUT2D eigenvalue weighted by molar-refractivity contribution is 6.07. The molecule has 3 aromatic carbocycles. The Morgan fingerprint density at radius 1 is 0.895 bits per heavy atom. The van der Waals surface area contributed by atoms with Crippen molar-refractivity contribution in [1.82, 2.24) is 23.9 Å². The molecule has 1 saturated heterocycles. The number of hydrogen-bond acceptors (Lipinski definition) is 3. The van der Waals surface area contributed by atoms with Crippen molar-refractivity contribution in [2.45, 2.75) is 20.4 Å². The van der Waals surface area contributed by atoms with Gasteiger partial charge in [-0.3, -0.25) is 4.79 Å². The lowest BCUT2D eigenvalue weighted by Crippen LogP contribution is -2.47. The van der Waals surface area contributed by atoms with Crippen LogP contribution in [0.3, 0.4) is 0 Å². The number of aryl methyl sites for hydroxylation is 1. The Labute approximate surface area is 223 Å². The molecule has 0 bridgehead atoms. The van der Waals surface area contributed by atoms with E-state index in [2.05, 4.69) is 113 Å². The van der Waals surface area contributed by atoms with Crippen LogP contribution >= 0.6 is 0 Å². The van der Waals surface area contributed by atoms with E-state index in [1.807, 2.05) is 17.4 Å². The second-order valence-electron chi connectivity index (χ2n) is 10.4. The van der Waals surface area contributed by atoms with Crippen molar-refractivity contribution >= 4 is 16.7 Å². The minimum atomic E-state index is 0.0991. The zero-order chi connectivity index (χ0) is 26.2. The van der Waals surface area contributed by atoms with Crippen LogP contribution in [0.2, 0.25) is 0 Å². The van der Waals surface area contributed by atoms with Crippen LogP contribution < -0.4 is 0 Å². The minimum Gasteiger partial charge on any atom is -0.336 e. The Balaban J connectivity index is 1.50. The van der Waals surface area contributed by atoms with E-state index >= 15 is 0 Å². The van der Waals surface area contributed by atoms with E-state index in [4.69, 9.17) is 0 Å². The molecule has 5 aromatic rings. The van der Waals surface area contributed by atoms with Crippen LogP contribution in [0.15, 0.2) is 85.5 Å². The molecule has 1 aliphatic heterocycles. The van der Waals surface area contributed by atoms with E-state index in [1.54, 1.807) is 0 Å². The number of nitrogens with zero attached hydrogens (tertiary/aromatic N) is 5. The number of likely N-dealkylation sites (N-methyl/N-ethyl adjacent to an activating group) is 1. The second kappa shape index (κ2) is 9.95. The van der Waals surface area contributed by atoms with E-state index in [9.17, 15) is 4.79 Å². The zero-order valence-corrected chi connectivity index (χ0v) is 22.3. The fourth-order valence-electron chi connectivity index (χ4n) is 5.59. The summed E-state index contributed by atoms with van der Waals surface area (Å²) in [5.74, 6) is 1.05. The summed E-state index contributed by atoms with van der Waals surface area (Å²) in [5, 5.41) is 2.31. The molecule has 192 valence electrons. The molecule has 1 amide bonds. The number of piperazine rings is 1. The molecule has 0 atom stereocenters. The number of carbonyl (C=O) groups is 1. The fourth-order valence-corrected chi connectivity index (χ4v) is 5.59. The lowest BCUT2D eigenvalue weighted by Gasteiger charge is -2.32. The number of imidazole rings is 1. The van der Waals surface area contributed by atoms with Crippen LogP contribution in [0.4, 0.5) is 0 Å². The molecule has 0 radical (unpaired) electrons. The highest BCUT2D eigenvalue weighted by Crippen LogP contribution is 2.36.